The van der Waals surface area contributed by atoms with E-state index in [-0.39, 0.29) is 11.5 Å². The second kappa shape index (κ2) is 6.60. The summed E-state index contributed by atoms with van der Waals surface area (Å²) in [6.07, 6.45) is -3.52. The molecular weight excluding hydrogens is 412 g/mol. The standard InChI is InChI=1S/C15H9BrF4N2O3/c1-23-6-24-11-3-7(2-8(13(11)17)15(18,19)20)14-22-9-5-21-12(16)4-10(9)25-14/h2-5H,6H2,1H3. The van der Waals surface area contributed by atoms with Crippen molar-refractivity contribution in [1.82, 2.24) is 9.97 Å². The molecule has 0 saturated carbocycles. The second-order valence-corrected chi connectivity index (χ2v) is 5.69. The number of methoxy groups -OCH3 is 1. The molecule has 0 spiro atoms. The Kier molecular flexibility index (Phi) is 4.65. The molecule has 0 fully saturated rings. The van der Waals surface area contributed by atoms with Crippen LogP contribution in [0.1, 0.15) is 5.56 Å². The molecule has 0 saturated heterocycles. The van der Waals surface area contributed by atoms with Gasteiger partial charge in [0.2, 0.25) is 5.89 Å². The van der Waals surface area contributed by atoms with Crippen molar-refractivity contribution >= 4 is 27.0 Å². The van der Waals surface area contributed by atoms with Crippen LogP contribution in [-0.4, -0.2) is 23.9 Å². The van der Waals surface area contributed by atoms with Gasteiger partial charge in [-0.2, -0.15) is 13.2 Å². The minimum Gasteiger partial charge on any atom is -0.464 e. The zero-order valence-corrected chi connectivity index (χ0v) is 14.1. The molecule has 0 aliphatic rings. The van der Waals surface area contributed by atoms with Crippen LogP contribution < -0.4 is 4.74 Å². The van der Waals surface area contributed by atoms with E-state index in [9.17, 15) is 17.6 Å². The van der Waals surface area contributed by atoms with E-state index < -0.39 is 30.1 Å². The lowest BCUT2D eigenvalue weighted by Gasteiger charge is -2.13. The Balaban J connectivity index is 2.16. The highest BCUT2D eigenvalue weighted by Gasteiger charge is 2.36. The Bertz CT molecular complexity index is 927. The topological polar surface area (TPSA) is 57.4 Å². The molecule has 25 heavy (non-hydrogen) atoms. The first-order valence-electron chi connectivity index (χ1n) is 6.74. The van der Waals surface area contributed by atoms with Crippen LogP contribution >= 0.6 is 15.9 Å². The number of benzene rings is 1. The van der Waals surface area contributed by atoms with E-state index in [1.807, 2.05) is 0 Å². The quantitative estimate of drug-likeness (QED) is 0.345. The lowest BCUT2D eigenvalue weighted by molar-refractivity contribution is -0.140. The molecule has 0 aliphatic carbocycles. The lowest BCUT2D eigenvalue weighted by Crippen LogP contribution is -2.11. The number of oxazole rings is 1. The Morgan fingerprint density at radius 1 is 1.24 bits per heavy atom. The molecule has 0 bridgehead atoms. The molecular formula is C15H9BrF4N2O3. The van der Waals surface area contributed by atoms with Gasteiger partial charge >= 0.3 is 6.18 Å². The van der Waals surface area contributed by atoms with Crippen molar-refractivity contribution in [2.75, 3.05) is 13.9 Å². The number of hydrogen-bond acceptors (Lipinski definition) is 5. The van der Waals surface area contributed by atoms with Gasteiger partial charge in [-0.3, -0.25) is 0 Å². The summed E-state index contributed by atoms with van der Waals surface area (Å²) in [5.74, 6) is -2.27. The summed E-state index contributed by atoms with van der Waals surface area (Å²) in [5.41, 5.74) is -0.922. The summed E-state index contributed by atoms with van der Waals surface area (Å²) in [4.78, 5) is 8.03. The van der Waals surface area contributed by atoms with Gasteiger partial charge in [-0.05, 0) is 28.1 Å². The van der Waals surface area contributed by atoms with E-state index in [2.05, 4.69) is 30.6 Å². The van der Waals surface area contributed by atoms with E-state index in [0.717, 1.165) is 6.07 Å². The number of ether oxygens (including phenoxy) is 2. The van der Waals surface area contributed by atoms with Crippen LogP contribution in [0.2, 0.25) is 0 Å². The van der Waals surface area contributed by atoms with Gasteiger partial charge in [-0.1, -0.05) is 0 Å². The summed E-state index contributed by atoms with van der Waals surface area (Å²) < 4.78 is 68.8. The minimum absolute atomic E-state index is 0.0906. The van der Waals surface area contributed by atoms with Gasteiger partial charge in [0.1, 0.15) is 10.1 Å². The van der Waals surface area contributed by atoms with Crippen LogP contribution in [0.4, 0.5) is 17.6 Å². The first-order chi connectivity index (χ1) is 11.8. The molecule has 0 aliphatic heterocycles. The zero-order valence-electron chi connectivity index (χ0n) is 12.5. The molecule has 2 heterocycles. The maximum Gasteiger partial charge on any atom is 0.419 e. The molecule has 5 nitrogen and oxygen atoms in total. The molecule has 1 aromatic carbocycles. The predicted octanol–water partition coefficient (Wildman–Crippen LogP) is 4.79. The lowest BCUT2D eigenvalue weighted by atomic mass is 10.1. The highest BCUT2D eigenvalue weighted by atomic mass is 79.9. The van der Waals surface area contributed by atoms with Crippen molar-refractivity contribution in [2.45, 2.75) is 6.18 Å². The fourth-order valence-electron chi connectivity index (χ4n) is 2.09. The van der Waals surface area contributed by atoms with Crippen LogP contribution in [0.15, 0.2) is 33.4 Å². The number of halogens is 5. The van der Waals surface area contributed by atoms with Crippen LogP contribution in [0.5, 0.6) is 5.75 Å². The second-order valence-electron chi connectivity index (χ2n) is 4.88. The van der Waals surface area contributed by atoms with Gasteiger partial charge in [0.15, 0.2) is 23.9 Å². The average Bonchev–Trinajstić information content (AvgIpc) is 2.95. The maximum atomic E-state index is 14.1. The summed E-state index contributed by atoms with van der Waals surface area (Å²) in [6, 6.07) is 3.20. The Morgan fingerprint density at radius 2 is 2.00 bits per heavy atom. The van der Waals surface area contributed by atoms with Crippen LogP contribution in [0, 0.1) is 5.82 Å². The third kappa shape index (κ3) is 3.59. The SMILES string of the molecule is COCOc1cc(-c2nc3cnc(Br)cc3o2)cc(C(F)(F)F)c1F. The first-order valence-corrected chi connectivity index (χ1v) is 7.54. The summed E-state index contributed by atoms with van der Waals surface area (Å²) in [7, 11) is 1.26. The van der Waals surface area contributed by atoms with E-state index >= 15 is 0 Å². The third-order valence-electron chi connectivity index (χ3n) is 3.17. The predicted molar refractivity (Wildman–Crippen MR) is 82.4 cm³/mol. The zero-order chi connectivity index (χ0) is 18.2. The molecule has 2 aromatic heterocycles. The first kappa shape index (κ1) is 17.6. The molecule has 0 N–H and O–H groups in total. The largest absolute Gasteiger partial charge is 0.464 e. The Labute approximate surface area is 146 Å². The van der Waals surface area contributed by atoms with Crippen molar-refractivity contribution in [3.63, 3.8) is 0 Å². The highest BCUT2D eigenvalue weighted by Crippen LogP contribution is 2.39. The van der Waals surface area contributed by atoms with Crippen molar-refractivity contribution in [2.24, 2.45) is 0 Å². The van der Waals surface area contributed by atoms with Gasteiger partial charge in [0.05, 0.1) is 11.8 Å². The van der Waals surface area contributed by atoms with Gasteiger partial charge < -0.3 is 13.9 Å². The highest BCUT2D eigenvalue weighted by molar-refractivity contribution is 9.10. The smallest absolute Gasteiger partial charge is 0.419 e. The van der Waals surface area contributed by atoms with Gasteiger partial charge in [0.25, 0.3) is 0 Å². The monoisotopic (exact) mass is 420 g/mol. The number of hydrogen-bond donors (Lipinski definition) is 0. The fraction of sp³-hybridized carbons (Fsp3) is 0.200. The molecule has 0 unspecified atom stereocenters. The minimum atomic E-state index is -4.91. The molecule has 3 rings (SSSR count). The van der Waals surface area contributed by atoms with Crippen molar-refractivity contribution < 1.29 is 31.5 Å². The Hall–Kier alpha value is -2.20. The van der Waals surface area contributed by atoms with Crippen molar-refractivity contribution in [3.05, 3.63) is 40.4 Å². The molecule has 3 aromatic rings. The maximum absolute atomic E-state index is 14.1. The summed E-state index contributed by atoms with van der Waals surface area (Å²) in [5, 5.41) is 0. The number of nitrogens with zero attached hydrogens (tertiary/aromatic N) is 2. The fourth-order valence-corrected chi connectivity index (χ4v) is 2.40. The Morgan fingerprint density at radius 3 is 2.68 bits per heavy atom. The van der Waals surface area contributed by atoms with Crippen LogP contribution in [0.3, 0.4) is 0 Å². The number of fused-ring (bicyclic) bond motifs is 1. The average molecular weight is 421 g/mol. The number of rotatable bonds is 4. The van der Waals surface area contributed by atoms with Crippen molar-refractivity contribution in [3.8, 4) is 17.2 Å². The number of aromatic nitrogens is 2. The van der Waals surface area contributed by atoms with E-state index in [1.165, 1.54) is 19.4 Å². The number of pyridine rings is 1. The third-order valence-corrected chi connectivity index (χ3v) is 3.60. The van der Waals surface area contributed by atoms with Crippen LogP contribution in [0.25, 0.3) is 22.6 Å². The summed E-state index contributed by atoms with van der Waals surface area (Å²) in [6.45, 7) is -0.415. The molecule has 0 radical (unpaired) electrons. The van der Waals surface area contributed by atoms with Gasteiger partial charge in [0, 0.05) is 18.7 Å². The van der Waals surface area contributed by atoms with E-state index in [0.29, 0.717) is 21.8 Å². The van der Waals surface area contributed by atoms with Crippen LogP contribution in [-0.2, 0) is 10.9 Å². The van der Waals surface area contributed by atoms with Gasteiger partial charge in [-0.15, -0.1) is 0 Å². The van der Waals surface area contributed by atoms with E-state index in [1.54, 1.807) is 0 Å². The molecule has 0 amide bonds. The molecule has 0 atom stereocenters. The van der Waals surface area contributed by atoms with E-state index in [4.69, 9.17) is 9.15 Å². The number of alkyl halides is 3. The normalized spacial score (nSPS) is 11.9. The molecule has 10 heteroatoms. The molecule has 132 valence electrons. The summed E-state index contributed by atoms with van der Waals surface area (Å²) >= 11 is 3.15. The van der Waals surface area contributed by atoms with Crippen molar-refractivity contribution in [1.29, 1.82) is 0 Å². The van der Waals surface area contributed by atoms with Gasteiger partial charge in [-0.25, -0.2) is 14.4 Å².